The number of aryl methyl sites for hydroxylation is 1. The maximum Gasteiger partial charge on any atom is 0.413 e. The Morgan fingerprint density at radius 3 is 2.18 bits per heavy atom. The number of hydroxylamine groups is 1. The second-order valence-electron chi connectivity index (χ2n) is 13.7. The van der Waals surface area contributed by atoms with Crippen LogP contribution in [0.5, 0.6) is 0 Å². The Labute approximate surface area is 293 Å². The summed E-state index contributed by atoms with van der Waals surface area (Å²) in [6.07, 6.45) is 8.12. The Bertz CT molecular complexity index is 1740. The zero-order valence-electron chi connectivity index (χ0n) is 29.0. The first kappa shape index (κ1) is 35.4. The molecule has 0 spiro atoms. The van der Waals surface area contributed by atoms with Gasteiger partial charge in [0.05, 0.1) is 23.4 Å². The molecule has 2 aliphatic heterocycles. The molecule has 0 bridgehead atoms. The van der Waals surface area contributed by atoms with Crippen molar-refractivity contribution in [2.75, 3.05) is 25.1 Å². The van der Waals surface area contributed by atoms with Gasteiger partial charge in [0.2, 0.25) is 0 Å². The first-order valence-electron chi connectivity index (χ1n) is 17.5. The van der Waals surface area contributed by atoms with Gasteiger partial charge in [0.1, 0.15) is 11.4 Å². The Morgan fingerprint density at radius 1 is 0.860 bits per heavy atom. The average molecular weight is 683 g/mol. The van der Waals surface area contributed by atoms with Gasteiger partial charge < -0.3 is 18.9 Å². The first-order valence-corrected chi connectivity index (χ1v) is 17.5. The summed E-state index contributed by atoms with van der Waals surface area (Å²) in [6.45, 7) is 7.43. The highest BCUT2D eigenvalue weighted by molar-refractivity contribution is 6.07. The number of rotatable bonds is 11. The average Bonchev–Trinajstić information content (AvgIpc) is 3.12. The predicted octanol–water partition coefficient (Wildman–Crippen LogP) is 7.97. The summed E-state index contributed by atoms with van der Waals surface area (Å²) < 4.78 is 22.5. The number of fused-ring (bicyclic) bond motifs is 1. The van der Waals surface area contributed by atoms with E-state index in [1.807, 2.05) is 24.3 Å². The van der Waals surface area contributed by atoms with Gasteiger partial charge in [0, 0.05) is 42.8 Å². The number of nitrogens with one attached hydrogen (secondary N) is 2. The first-order chi connectivity index (χ1) is 24.2. The Morgan fingerprint density at radius 2 is 1.52 bits per heavy atom. The molecule has 0 radical (unpaired) electrons. The molecule has 2 fully saturated rings. The molecule has 11 heteroatoms. The van der Waals surface area contributed by atoms with Crippen molar-refractivity contribution in [1.29, 1.82) is 0 Å². The monoisotopic (exact) mass is 682 g/mol. The van der Waals surface area contributed by atoms with Crippen LogP contribution in [0.3, 0.4) is 0 Å². The number of carbonyl (C=O) groups is 2. The summed E-state index contributed by atoms with van der Waals surface area (Å²) in [4.78, 5) is 40.7. The summed E-state index contributed by atoms with van der Waals surface area (Å²) in [5.74, 6) is -0.202. The summed E-state index contributed by atoms with van der Waals surface area (Å²) in [5.41, 5.74) is 7.50. The molecule has 50 heavy (non-hydrogen) atoms. The third-order valence-electron chi connectivity index (χ3n) is 8.51. The number of nitrogens with zero attached hydrogens (tertiary/aromatic N) is 2. The van der Waals surface area contributed by atoms with E-state index in [1.54, 1.807) is 32.9 Å². The van der Waals surface area contributed by atoms with E-state index in [4.69, 9.17) is 28.8 Å². The highest BCUT2D eigenvalue weighted by atomic mass is 16.8. The molecular formula is C39H46N4O7. The molecule has 6 rings (SSSR count). The Balaban J connectivity index is 1.18. The maximum absolute atomic E-state index is 13.5. The quantitative estimate of drug-likeness (QED) is 0.119. The lowest BCUT2D eigenvalue weighted by Gasteiger charge is -2.22. The number of amides is 2. The number of ether oxygens (including phenoxy) is 4. The van der Waals surface area contributed by atoms with Crippen molar-refractivity contribution in [2.24, 2.45) is 0 Å². The van der Waals surface area contributed by atoms with Crippen molar-refractivity contribution in [3.63, 3.8) is 0 Å². The molecule has 4 heterocycles. The summed E-state index contributed by atoms with van der Waals surface area (Å²) in [5, 5.41) is 3.16. The van der Waals surface area contributed by atoms with E-state index in [0.29, 0.717) is 41.8 Å². The maximum atomic E-state index is 13.5. The van der Waals surface area contributed by atoms with E-state index in [0.717, 1.165) is 61.8 Å². The molecule has 0 aliphatic carbocycles. The van der Waals surface area contributed by atoms with Gasteiger partial charge in [-0.1, -0.05) is 48.5 Å². The third kappa shape index (κ3) is 9.85. The molecule has 2 unspecified atom stereocenters. The van der Waals surface area contributed by atoms with Gasteiger partial charge in [-0.25, -0.2) is 25.1 Å². The van der Waals surface area contributed by atoms with Gasteiger partial charge in [-0.05, 0) is 88.5 Å². The molecule has 2 saturated heterocycles. The lowest BCUT2D eigenvalue weighted by Crippen LogP contribution is -2.33. The summed E-state index contributed by atoms with van der Waals surface area (Å²) in [7, 11) is 0. The van der Waals surface area contributed by atoms with E-state index >= 15 is 0 Å². The second kappa shape index (κ2) is 16.5. The van der Waals surface area contributed by atoms with Crippen molar-refractivity contribution in [2.45, 2.75) is 90.3 Å². The molecule has 2 amide bonds. The van der Waals surface area contributed by atoms with Gasteiger partial charge in [0.25, 0.3) is 5.91 Å². The summed E-state index contributed by atoms with van der Waals surface area (Å²) in [6, 6.07) is 20.0. The zero-order chi connectivity index (χ0) is 34.9. The van der Waals surface area contributed by atoms with Gasteiger partial charge in [-0.3, -0.25) is 10.1 Å². The lowest BCUT2D eigenvalue weighted by molar-refractivity contribution is -0.186. The molecule has 0 saturated carbocycles. The van der Waals surface area contributed by atoms with Gasteiger partial charge in [0.15, 0.2) is 12.6 Å². The molecule has 2 aliphatic rings. The predicted molar refractivity (Wildman–Crippen MR) is 190 cm³/mol. The lowest BCUT2D eigenvalue weighted by atomic mass is 9.99. The molecule has 2 aromatic heterocycles. The molecule has 2 atom stereocenters. The van der Waals surface area contributed by atoms with Gasteiger partial charge >= 0.3 is 6.09 Å². The molecular weight excluding hydrogens is 636 g/mol. The van der Waals surface area contributed by atoms with Crippen LogP contribution in [0.25, 0.3) is 33.3 Å². The fourth-order valence-electron chi connectivity index (χ4n) is 5.94. The van der Waals surface area contributed by atoms with Crippen molar-refractivity contribution < 1.29 is 33.4 Å². The van der Waals surface area contributed by atoms with Crippen LogP contribution in [0.4, 0.5) is 10.6 Å². The van der Waals surface area contributed by atoms with E-state index in [9.17, 15) is 9.59 Å². The van der Waals surface area contributed by atoms with Crippen molar-refractivity contribution >= 4 is 28.7 Å². The molecule has 11 nitrogen and oxygen atoms in total. The number of anilines is 1. The van der Waals surface area contributed by atoms with Crippen LogP contribution in [0, 0.1) is 0 Å². The van der Waals surface area contributed by atoms with E-state index in [1.165, 1.54) is 18.2 Å². The van der Waals surface area contributed by atoms with Crippen molar-refractivity contribution in [3.8, 4) is 22.4 Å². The molecule has 4 aromatic rings. The van der Waals surface area contributed by atoms with Gasteiger partial charge in [-0.2, -0.15) is 0 Å². The fraction of sp³-hybridized carbons (Fsp3) is 0.436. The highest BCUT2D eigenvalue weighted by Gasteiger charge is 2.21. The topological polar surface area (TPSA) is 130 Å². The molecule has 2 aromatic carbocycles. The minimum Gasteiger partial charge on any atom is -0.444 e. The minimum atomic E-state index is -0.673. The van der Waals surface area contributed by atoms with E-state index < -0.39 is 23.9 Å². The minimum absolute atomic E-state index is 0.0475. The number of pyridine rings is 2. The number of hydrogen-bond donors (Lipinski definition) is 2. The van der Waals surface area contributed by atoms with Crippen LogP contribution < -0.4 is 10.8 Å². The third-order valence-corrected chi connectivity index (χ3v) is 8.51. The number of hydrogen-bond acceptors (Lipinski definition) is 9. The van der Waals surface area contributed by atoms with Crippen LogP contribution in [0.1, 0.15) is 81.6 Å². The highest BCUT2D eigenvalue weighted by Crippen LogP contribution is 2.29. The Hall–Kier alpha value is -4.42. The Kier molecular flexibility index (Phi) is 11.7. The molecule has 2 N–H and O–H groups in total. The van der Waals surface area contributed by atoms with E-state index in [2.05, 4.69) is 40.0 Å². The normalized spacial score (nSPS) is 18.1. The van der Waals surface area contributed by atoms with Crippen LogP contribution in [-0.2, 0) is 30.2 Å². The van der Waals surface area contributed by atoms with Crippen LogP contribution >= 0.6 is 0 Å². The number of carbonyl (C=O) groups excluding carboxylic acids is 2. The van der Waals surface area contributed by atoms with Crippen molar-refractivity contribution in [3.05, 3.63) is 78.0 Å². The van der Waals surface area contributed by atoms with Gasteiger partial charge in [-0.15, -0.1) is 0 Å². The smallest absolute Gasteiger partial charge is 0.413 e. The van der Waals surface area contributed by atoms with Crippen LogP contribution in [-0.4, -0.2) is 60.0 Å². The second-order valence-corrected chi connectivity index (χ2v) is 13.7. The fourth-order valence-corrected chi connectivity index (χ4v) is 5.94. The van der Waals surface area contributed by atoms with E-state index in [-0.39, 0.29) is 12.1 Å². The largest absolute Gasteiger partial charge is 0.444 e. The number of benzene rings is 2. The SMILES string of the molecule is CC(C)(C)OC(=O)Nc1cc2nc(-c3ccc(-c4ccc(CCCOC5CCCCO5)cc4)cc3)cc(C(=O)NOC3CCCCO3)c2cn1. The van der Waals surface area contributed by atoms with Crippen molar-refractivity contribution in [1.82, 2.24) is 15.4 Å². The molecule has 264 valence electrons. The number of aromatic nitrogens is 2. The summed E-state index contributed by atoms with van der Waals surface area (Å²) >= 11 is 0. The standard InChI is InChI=1S/C39H46N4O7/c1-39(2,3)49-38(45)42-34-24-33-31(25-40-34)30(37(44)43-50-36-11-5-7-21-48-36)23-32(41-33)29-18-16-28(17-19-29)27-14-12-26(13-15-27)9-8-22-47-35-10-4-6-20-46-35/h12-19,23-25,35-36H,4-11,20-22H2,1-3H3,(H,43,44)(H,40,42,45). The van der Waals surface area contributed by atoms with Crippen LogP contribution in [0.2, 0.25) is 0 Å². The zero-order valence-corrected chi connectivity index (χ0v) is 29.0. The van der Waals surface area contributed by atoms with Crippen LogP contribution in [0.15, 0.2) is 66.9 Å².